The van der Waals surface area contributed by atoms with Crippen molar-refractivity contribution < 1.29 is 12.9 Å². The number of nitrogens with zero attached hydrogens (tertiary/aromatic N) is 3. The molecule has 2 heterocycles. The minimum atomic E-state index is -3.51. The molecule has 0 atom stereocenters. The molecule has 28 heavy (non-hydrogen) atoms. The number of rotatable bonds is 5. The van der Waals surface area contributed by atoms with Crippen molar-refractivity contribution in [2.75, 3.05) is 13.1 Å². The Kier molecular flexibility index (Phi) is 4.81. The molecule has 0 amide bonds. The Hall–Kier alpha value is -2.51. The summed E-state index contributed by atoms with van der Waals surface area (Å²) in [5.74, 6) is 1.07. The van der Waals surface area contributed by atoms with Crippen molar-refractivity contribution >= 4 is 10.0 Å². The molecule has 6 nitrogen and oxygen atoms in total. The summed E-state index contributed by atoms with van der Waals surface area (Å²) in [7, 11) is -3.51. The zero-order valence-corrected chi connectivity index (χ0v) is 17.0. The number of hydrogen-bond donors (Lipinski definition) is 0. The minimum absolute atomic E-state index is 0.0568. The van der Waals surface area contributed by atoms with Gasteiger partial charge < -0.3 is 4.52 Å². The molecule has 1 fully saturated rings. The average Bonchev–Trinajstić information content (AvgIpc) is 3.05. The van der Waals surface area contributed by atoms with E-state index in [2.05, 4.69) is 10.1 Å². The maximum atomic E-state index is 13.0. The normalized spacial score (nSPS) is 15.5. The molecule has 0 aliphatic carbocycles. The van der Waals surface area contributed by atoms with E-state index < -0.39 is 10.0 Å². The van der Waals surface area contributed by atoms with Crippen LogP contribution in [0.15, 0.2) is 51.9 Å². The number of benzene rings is 2. The molecule has 1 saturated heterocycles. The lowest BCUT2D eigenvalue weighted by atomic mass is 10.0. The predicted octanol–water partition coefficient (Wildman–Crippen LogP) is 3.37. The fourth-order valence-electron chi connectivity index (χ4n) is 3.43. The molecule has 1 aromatic heterocycles. The summed E-state index contributed by atoms with van der Waals surface area (Å²) in [6, 6.07) is 13.6. The van der Waals surface area contributed by atoms with E-state index in [-0.39, 0.29) is 5.92 Å². The number of aryl methyl sites for hydroxylation is 3. The third-order valence-corrected chi connectivity index (χ3v) is 7.27. The van der Waals surface area contributed by atoms with Crippen molar-refractivity contribution in [3.8, 4) is 0 Å². The lowest BCUT2D eigenvalue weighted by molar-refractivity contribution is 0.216. The Bertz CT molecular complexity index is 1100. The van der Waals surface area contributed by atoms with Crippen LogP contribution in [-0.2, 0) is 16.4 Å². The van der Waals surface area contributed by atoms with Crippen molar-refractivity contribution in [2.45, 2.75) is 38.0 Å². The highest BCUT2D eigenvalue weighted by Gasteiger charge is 2.41. The van der Waals surface area contributed by atoms with Gasteiger partial charge in [-0.3, -0.25) is 0 Å². The van der Waals surface area contributed by atoms with Crippen LogP contribution in [0.1, 0.15) is 39.9 Å². The van der Waals surface area contributed by atoms with Crippen LogP contribution in [0.2, 0.25) is 0 Å². The standard InChI is InChI=1S/C21H23N3O3S/c1-14-9-16(3)19(10-15(14)2)28(25,26)24-12-18(13-24)21-22-20(23-27-21)11-17-7-5-4-6-8-17/h4-10,18H,11-13H2,1-3H3. The molecule has 0 N–H and O–H groups in total. The van der Waals surface area contributed by atoms with Gasteiger partial charge in [-0.1, -0.05) is 41.6 Å². The van der Waals surface area contributed by atoms with E-state index in [4.69, 9.17) is 4.52 Å². The van der Waals surface area contributed by atoms with Gasteiger partial charge in [0.25, 0.3) is 0 Å². The van der Waals surface area contributed by atoms with Crippen molar-refractivity contribution in [2.24, 2.45) is 0 Å². The molecule has 3 aromatic rings. The van der Waals surface area contributed by atoms with Crippen LogP contribution < -0.4 is 0 Å². The maximum absolute atomic E-state index is 13.0. The molecule has 0 unspecified atom stereocenters. The highest BCUT2D eigenvalue weighted by molar-refractivity contribution is 7.89. The first kappa shape index (κ1) is 18.8. The van der Waals surface area contributed by atoms with Crippen LogP contribution in [0.3, 0.4) is 0 Å². The Labute approximate surface area is 165 Å². The topological polar surface area (TPSA) is 76.3 Å². The second kappa shape index (κ2) is 7.14. The van der Waals surface area contributed by atoms with Gasteiger partial charge in [0, 0.05) is 19.5 Å². The van der Waals surface area contributed by atoms with Gasteiger partial charge in [0.2, 0.25) is 15.9 Å². The molecule has 0 saturated carbocycles. The van der Waals surface area contributed by atoms with E-state index in [0.29, 0.717) is 36.1 Å². The molecule has 7 heteroatoms. The lowest BCUT2D eigenvalue weighted by Crippen LogP contribution is -2.48. The smallest absolute Gasteiger partial charge is 0.243 e. The predicted molar refractivity (Wildman–Crippen MR) is 106 cm³/mol. The van der Waals surface area contributed by atoms with E-state index in [9.17, 15) is 8.42 Å². The van der Waals surface area contributed by atoms with Gasteiger partial charge in [-0.05, 0) is 49.1 Å². The molecular formula is C21H23N3O3S. The van der Waals surface area contributed by atoms with Gasteiger partial charge in [0.05, 0.1) is 10.8 Å². The summed E-state index contributed by atoms with van der Waals surface area (Å²) in [5.41, 5.74) is 3.95. The number of sulfonamides is 1. The zero-order valence-electron chi connectivity index (χ0n) is 16.2. The highest BCUT2D eigenvalue weighted by atomic mass is 32.2. The summed E-state index contributed by atoms with van der Waals surface area (Å²) in [6.07, 6.45) is 0.598. The van der Waals surface area contributed by atoms with Gasteiger partial charge in [-0.2, -0.15) is 9.29 Å². The Morgan fingerprint density at radius 2 is 1.71 bits per heavy atom. The SMILES string of the molecule is Cc1cc(C)c(S(=O)(=O)N2CC(c3nc(Cc4ccccc4)no3)C2)cc1C. The fraction of sp³-hybridized carbons (Fsp3) is 0.333. The molecule has 1 aliphatic rings. The first-order valence-corrected chi connectivity index (χ1v) is 10.7. The minimum Gasteiger partial charge on any atom is -0.339 e. The molecular weight excluding hydrogens is 374 g/mol. The largest absolute Gasteiger partial charge is 0.339 e. The monoisotopic (exact) mass is 397 g/mol. The van der Waals surface area contributed by atoms with Gasteiger partial charge in [0.15, 0.2) is 5.82 Å². The number of aromatic nitrogens is 2. The highest BCUT2D eigenvalue weighted by Crippen LogP contribution is 2.33. The summed E-state index contributed by atoms with van der Waals surface area (Å²) >= 11 is 0. The maximum Gasteiger partial charge on any atom is 0.243 e. The summed E-state index contributed by atoms with van der Waals surface area (Å²) in [5, 5.41) is 4.04. The summed E-state index contributed by atoms with van der Waals surface area (Å²) < 4.78 is 32.8. The molecule has 1 aliphatic heterocycles. The van der Waals surface area contributed by atoms with Crippen LogP contribution in [0, 0.1) is 20.8 Å². The zero-order chi connectivity index (χ0) is 19.9. The average molecular weight is 398 g/mol. The molecule has 0 spiro atoms. The second-order valence-electron chi connectivity index (χ2n) is 7.43. The van der Waals surface area contributed by atoms with E-state index >= 15 is 0 Å². The van der Waals surface area contributed by atoms with Gasteiger partial charge in [-0.15, -0.1) is 0 Å². The second-order valence-corrected chi connectivity index (χ2v) is 9.34. The van der Waals surface area contributed by atoms with Crippen LogP contribution in [-0.4, -0.2) is 36.0 Å². The van der Waals surface area contributed by atoms with Crippen LogP contribution in [0.5, 0.6) is 0 Å². The van der Waals surface area contributed by atoms with E-state index in [0.717, 1.165) is 22.3 Å². The van der Waals surface area contributed by atoms with E-state index in [1.165, 1.54) is 4.31 Å². The molecule has 2 aromatic carbocycles. The van der Waals surface area contributed by atoms with Gasteiger partial charge in [0.1, 0.15) is 0 Å². The Morgan fingerprint density at radius 1 is 1.04 bits per heavy atom. The molecule has 0 radical (unpaired) electrons. The Morgan fingerprint density at radius 3 is 2.43 bits per heavy atom. The van der Waals surface area contributed by atoms with Crippen LogP contribution in [0.4, 0.5) is 0 Å². The van der Waals surface area contributed by atoms with E-state index in [1.54, 1.807) is 6.07 Å². The van der Waals surface area contributed by atoms with Gasteiger partial charge in [-0.25, -0.2) is 8.42 Å². The Balaban J connectivity index is 1.45. The third-order valence-electron chi connectivity index (χ3n) is 5.30. The number of hydrogen-bond acceptors (Lipinski definition) is 5. The van der Waals surface area contributed by atoms with Crippen molar-refractivity contribution in [1.82, 2.24) is 14.4 Å². The summed E-state index contributed by atoms with van der Waals surface area (Å²) in [4.78, 5) is 4.84. The summed E-state index contributed by atoms with van der Waals surface area (Å²) in [6.45, 7) is 6.48. The molecule has 0 bridgehead atoms. The third kappa shape index (κ3) is 3.47. The van der Waals surface area contributed by atoms with Crippen LogP contribution >= 0.6 is 0 Å². The first-order chi connectivity index (χ1) is 13.3. The first-order valence-electron chi connectivity index (χ1n) is 9.29. The van der Waals surface area contributed by atoms with Gasteiger partial charge >= 0.3 is 0 Å². The van der Waals surface area contributed by atoms with Crippen LogP contribution in [0.25, 0.3) is 0 Å². The fourth-order valence-corrected chi connectivity index (χ4v) is 5.25. The quantitative estimate of drug-likeness (QED) is 0.660. The molecule has 4 rings (SSSR count). The lowest BCUT2D eigenvalue weighted by Gasteiger charge is -2.36. The van der Waals surface area contributed by atoms with Crippen molar-refractivity contribution in [3.63, 3.8) is 0 Å². The van der Waals surface area contributed by atoms with E-state index in [1.807, 2.05) is 57.2 Å². The van der Waals surface area contributed by atoms with Crippen molar-refractivity contribution in [1.29, 1.82) is 0 Å². The molecule has 146 valence electrons. The van der Waals surface area contributed by atoms with Crippen molar-refractivity contribution in [3.05, 3.63) is 76.4 Å².